The molecule has 0 unspecified atom stereocenters. The van der Waals surface area contributed by atoms with E-state index < -0.39 is 0 Å². The van der Waals surface area contributed by atoms with Crippen LogP contribution in [0.3, 0.4) is 0 Å². The van der Waals surface area contributed by atoms with Crippen LogP contribution < -0.4 is 10.1 Å². The van der Waals surface area contributed by atoms with Crippen molar-refractivity contribution in [3.05, 3.63) is 41.2 Å². The van der Waals surface area contributed by atoms with Crippen LogP contribution in [0.15, 0.2) is 30.5 Å². The summed E-state index contributed by atoms with van der Waals surface area (Å²) in [5.41, 5.74) is 1.98. The summed E-state index contributed by atoms with van der Waals surface area (Å²) in [5, 5.41) is 8.55. The highest BCUT2D eigenvalue weighted by Crippen LogP contribution is 2.27. The SMILES string of the molecule is CCC(CC)n1ccc(CNc2ccc(OC)c(Cl)c2)n1. The number of nitrogens with zero attached hydrogens (tertiary/aromatic N) is 2. The third-order valence-electron chi connectivity index (χ3n) is 3.61. The van der Waals surface area contributed by atoms with Crippen molar-refractivity contribution in [3.63, 3.8) is 0 Å². The fourth-order valence-corrected chi connectivity index (χ4v) is 2.56. The van der Waals surface area contributed by atoms with Crippen molar-refractivity contribution in [2.24, 2.45) is 0 Å². The van der Waals surface area contributed by atoms with E-state index in [-0.39, 0.29) is 0 Å². The van der Waals surface area contributed by atoms with Gasteiger partial charge >= 0.3 is 0 Å². The molecule has 0 aliphatic rings. The van der Waals surface area contributed by atoms with Gasteiger partial charge in [-0.1, -0.05) is 25.4 Å². The molecule has 1 N–H and O–H groups in total. The van der Waals surface area contributed by atoms with Gasteiger partial charge in [0, 0.05) is 11.9 Å². The summed E-state index contributed by atoms with van der Waals surface area (Å²) in [6, 6.07) is 8.19. The Bertz CT molecular complexity index is 579. The maximum Gasteiger partial charge on any atom is 0.137 e. The lowest BCUT2D eigenvalue weighted by Gasteiger charge is -2.12. The monoisotopic (exact) mass is 307 g/mol. The summed E-state index contributed by atoms with van der Waals surface area (Å²) in [4.78, 5) is 0. The number of methoxy groups -OCH3 is 1. The van der Waals surface area contributed by atoms with Crippen LogP contribution in [0.2, 0.25) is 5.02 Å². The van der Waals surface area contributed by atoms with Gasteiger partial charge in [-0.15, -0.1) is 0 Å². The quantitative estimate of drug-likeness (QED) is 0.817. The summed E-state index contributed by atoms with van der Waals surface area (Å²) in [6.45, 7) is 5.05. The van der Waals surface area contributed by atoms with Crippen LogP contribution in [-0.4, -0.2) is 16.9 Å². The Morgan fingerprint density at radius 2 is 2.05 bits per heavy atom. The van der Waals surface area contributed by atoms with E-state index in [4.69, 9.17) is 16.3 Å². The van der Waals surface area contributed by atoms with Crippen LogP contribution in [0.4, 0.5) is 5.69 Å². The van der Waals surface area contributed by atoms with Crippen molar-refractivity contribution < 1.29 is 4.74 Å². The number of aromatic nitrogens is 2. The summed E-state index contributed by atoms with van der Waals surface area (Å²) in [7, 11) is 1.61. The van der Waals surface area contributed by atoms with Gasteiger partial charge in [-0.25, -0.2) is 0 Å². The highest BCUT2D eigenvalue weighted by atomic mass is 35.5. The summed E-state index contributed by atoms with van der Waals surface area (Å²) in [6.07, 6.45) is 4.24. The molecule has 4 nitrogen and oxygen atoms in total. The number of anilines is 1. The van der Waals surface area contributed by atoms with Crippen LogP contribution in [0.1, 0.15) is 38.4 Å². The molecule has 1 heterocycles. The lowest BCUT2D eigenvalue weighted by molar-refractivity contribution is 0.415. The highest BCUT2D eigenvalue weighted by Gasteiger charge is 2.08. The maximum atomic E-state index is 6.11. The van der Waals surface area contributed by atoms with Gasteiger partial charge in [0.25, 0.3) is 0 Å². The Labute approximate surface area is 131 Å². The Hall–Kier alpha value is -1.68. The van der Waals surface area contributed by atoms with E-state index in [1.807, 2.05) is 18.2 Å². The first-order chi connectivity index (χ1) is 10.2. The topological polar surface area (TPSA) is 39.1 Å². The molecule has 0 aliphatic carbocycles. The third kappa shape index (κ3) is 3.91. The van der Waals surface area contributed by atoms with Crippen LogP contribution >= 0.6 is 11.6 Å². The second-order valence-corrected chi connectivity index (χ2v) is 5.37. The lowest BCUT2D eigenvalue weighted by Crippen LogP contribution is -2.09. The Balaban J connectivity index is 1.98. The van der Waals surface area contributed by atoms with Gasteiger partial charge in [-0.2, -0.15) is 5.10 Å². The van der Waals surface area contributed by atoms with E-state index in [9.17, 15) is 0 Å². The van der Waals surface area contributed by atoms with Crippen LogP contribution in [-0.2, 0) is 6.54 Å². The predicted molar refractivity (Wildman–Crippen MR) is 87.2 cm³/mol. The van der Waals surface area contributed by atoms with Gasteiger partial charge in [0.2, 0.25) is 0 Å². The number of hydrogen-bond donors (Lipinski definition) is 1. The van der Waals surface area contributed by atoms with Gasteiger partial charge in [-0.3, -0.25) is 4.68 Å². The Morgan fingerprint density at radius 3 is 2.67 bits per heavy atom. The van der Waals surface area contributed by atoms with E-state index in [1.54, 1.807) is 7.11 Å². The zero-order valence-corrected chi connectivity index (χ0v) is 13.5. The van der Waals surface area contributed by atoms with Crippen molar-refractivity contribution in [2.45, 2.75) is 39.3 Å². The van der Waals surface area contributed by atoms with Gasteiger partial charge in [0.15, 0.2) is 0 Å². The fraction of sp³-hybridized carbons (Fsp3) is 0.438. The van der Waals surface area contributed by atoms with Crippen molar-refractivity contribution in [3.8, 4) is 5.75 Å². The van der Waals surface area contributed by atoms with Gasteiger partial charge in [0.05, 0.1) is 30.4 Å². The molecule has 21 heavy (non-hydrogen) atoms. The van der Waals surface area contributed by atoms with Crippen molar-refractivity contribution in [2.75, 3.05) is 12.4 Å². The van der Waals surface area contributed by atoms with Gasteiger partial charge < -0.3 is 10.1 Å². The van der Waals surface area contributed by atoms with E-state index >= 15 is 0 Å². The molecule has 1 aromatic heterocycles. The fourth-order valence-electron chi connectivity index (χ4n) is 2.31. The maximum absolute atomic E-state index is 6.11. The predicted octanol–water partition coefficient (Wildman–Crippen LogP) is 4.52. The summed E-state index contributed by atoms with van der Waals surface area (Å²) >= 11 is 6.11. The third-order valence-corrected chi connectivity index (χ3v) is 3.90. The van der Waals surface area contributed by atoms with E-state index in [0.717, 1.165) is 24.2 Å². The molecule has 5 heteroatoms. The molecule has 0 saturated heterocycles. The molecule has 2 rings (SSSR count). The number of rotatable bonds is 7. The zero-order valence-electron chi connectivity index (χ0n) is 12.8. The second kappa shape index (κ2) is 7.36. The normalized spacial score (nSPS) is 10.9. The largest absolute Gasteiger partial charge is 0.495 e. The molecule has 2 aromatic rings. The molecule has 114 valence electrons. The molecule has 0 fully saturated rings. The number of hydrogen-bond acceptors (Lipinski definition) is 3. The van der Waals surface area contributed by atoms with Gasteiger partial charge in [-0.05, 0) is 37.1 Å². The average molecular weight is 308 g/mol. The van der Waals surface area contributed by atoms with Crippen molar-refractivity contribution in [1.29, 1.82) is 0 Å². The molecule has 0 atom stereocenters. The second-order valence-electron chi connectivity index (χ2n) is 4.96. The van der Waals surface area contributed by atoms with E-state index in [0.29, 0.717) is 23.4 Å². The molecule has 0 radical (unpaired) electrons. The molecule has 0 aliphatic heterocycles. The van der Waals surface area contributed by atoms with Gasteiger partial charge in [0.1, 0.15) is 5.75 Å². The van der Waals surface area contributed by atoms with E-state index in [1.165, 1.54) is 0 Å². The molecule has 0 bridgehead atoms. The number of nitrogens with one attached hydrogen (secondary N) is 1. The zero-order chi connectivity index (χ0) is 15.2. The first-order valence-corrected chi connectivity index (χ1v) is 7.67. The first kappa shape index (κ1) is 15.7. The molecular formula is C16H22ClN3O. The molecule has 0 saturated carbocycles. The molecule has 0 amide bonds. The minimum atomic E-state index is 0.481. The summed E-state index contributed by atoms with van der Waals surface area (Å²) < 4.78 is 7.20. The molecule has 1 aromatic carbocycles. The standard InChI is InChI=1S/C16H22ClN3O/c1-4-14(5-2)20-9-8-13(19-20)11-18-12-6-7-16(21-3)15(17)10-12/h6-10,14,18H,4-5,11H2,1-3H3. The summed E-state index contributed by atoms with van der Waals surface area (Å²) in [5.74, 6) is 0.681. The minimum absolute atomic E-state index is 0.481. The van der Waals surface area contributed by atoms with Crippen molar-refractivity contribution >= 4 is 17.3 Å². The average Bonchev–Trinajstić information content (AvgIpc) is 2.95. The van der Waals surface area contributed by atoms with Crippen LogP contribution in [0, 0.1) is 0 Å². The van der Waals surface area contributed by atoms with E-state index in [2.05, 4.69) is 41.2 Å². The smallest absolute Gasteiger partial charge is 0.137 e. The Morgan fingerprint density at radius 1 is 1.29 bits per heavy atom. The molecule has 0 spiro atoms. The number of ether oxygens (including phenoxy) is 1. The minimum Gasteiger partial charge on any atom is -0.495 e. The van der Waals surface area contributed by atoms with Crippen LogP contribution in [0.25, 0.3) is 0 Å². The lowest BCUT2D eigenvalue weighted by atomic mass is 10.2. The number of halogens is 1. The highest BCUT2D eigenvalue weighted by molar-refractivity contribution is 6.32. The molecular weight excluding hydrogens is 286 g/mol. The first-order valence-electron chi connectivity index (χ1n) is 7.29. The Kier molecular flexibility index (Phi) is 5.51. The van der Waals surface area contributed by atoms with Crippen molar-refractivity contribution in [1.82, 2.24) is 9.78 Å². The number of benzene rings is 1. The van der Waals surface area contributed by atoms with Crippen LogP contribution in [0.5, 0.6) is 5.75 Å².